The summed E-state index contributed by atoms with van der Waals surface area (Å²) in [5, 5.41) is 2.84. The zero-order valence-corrected chi connectivity index (χ0v) is 14.6. The second-order valence-electron chi connectivity index (χ2n) is 5.94. The number of hydrogen-bond acceptors (Lipinski definition) is 5. The molecule has 6 nitrogen and oxygen atoms in total. The number of fused-ring (bicyclic) bond motifs is 1. The fourth-order valence-electron chi connectivity index (χ4n) is 2.70. The van der Waals surface area contributed by atoms with Crippen molar-refractivity contribution in [2.45, 2.75) is 19.3 Å². The highest BCUT2D eigenvalue weighted by atomic mass is 16.7. The summed E-state index contributed by atoms with van der Waals surface area (Å²) >= 11 is 0. The van der Waals surface area contributed by atoms with E-state index in [9.17, 15) is 9.59 Å². The number of rotatable bonds is 8. The average molecular weight is 355 g/mol. The van der Waals surface area contributed by atoms with Crippen molar-refractivity contribution in [1.29, 1.82) is 0 Å². The molecular formula is C20H21NO5. The molecule has 6 heteroatoms. The molecule has 3 rings (SSSR count). The Morgan fingerprint density at radius 1 is 1.08 bits per heavy atom. The van der Waals surface area contributed by atoms with Crippen LogP contribution in [0.2, 0.25) is 0 Å². The summed E-state index contributed by atoms with van der Waals surface area (Å²) in [5.41, 5.74) is 1.61. The number of carbonyl (C=O) groups is 2. The van der Waals surface area contributed by atoms with Crippen molar-refractivity contribution in [2.75, 3.05) is 20.4 Å². The van der Waals surface area contributed by atoms with Crippen molar-refractivity contribution < 1.29 is 23.8 Å². The molecule has 2 aromatic carbocycles. The van der Waals surface area contributed by atoms with E-state index in [1.807, 2.05) is 18.2 Å². The van der Waals surface area contributed by atoms with E-state index in [4.69, 9.17) is 14.2 Å². The van der Waals surface area contributed by atoms with Crippen molar-refractivity contribution in [1.82, 2.24) is 5.32 Å². The molecule has 1 heterocycles. The van der Waals surface area contributed by atoms with Gasteiger partial charge in [0, 0.05) is 24.9 Å². The molecule has 26 heavy (non-hydrogen) atoms. The SMILES string of the molecule is COc1cccc(C(=O)CCC(=O)NCCc2ccc3c(c2)OCO3)c1. The molecule has 2 aromatic rings. The first-order valence-electron chi connectivity index (χ1n) is 8.48. The average Bonchev–Trinajstić information content (AvgIpc) is 3.14. The lowest BCUT2D eigenvalue weighted by molar-refractivity contribution is -0.121. The van der Waals surface area contributed by atoms with Gasteiger partial charge in [0.15, 0.2) is 17.3 Å². The zero-order valence-electron chi connectivity index (χ0n) is 14.6. The first-order chi connectivity index (χ1) is 12.7. The Hall–Kier alpha value is -3.02. The van der Waals surface area contributed by atoms with Crippen LogP contribution in [-0.4, -0.2) is 32.1 Å². The maximum absolute atomic E-state index is 12.2. The van der Waals surface area contributed by atoms with E-state index in [1.165, 1.54) is 0 Å². The maximum atomic E-state index is 12.2. The summed E-state index contributed by atoms with van der Waals surface area (Å²) < 4.78 is 15.7. The van der Waals surface area contributed by atoms with E-state index in [-0.39, 0.29) is 31.3 Å². The van der Waals surface area contributed by atoms with Crippen molar-refractivity contribution in [3.05, 3.63) is 53.6 Å². The molecule has 0 aromatic heterocycles. The Bertz CT molecular complexity index is 803. The van der Waals surface area contributed by atoms with Crippen LogP contribution >= 0.6 is 0 Å². The normalized spacial score (nSPS) is 11.9. The van der Waals surface area contributed by atoms with E-state index in [1.54, 1.807) is 31.4 Å². The third-order valence-corrected chi connectivity index (χ3v) is 4.14. The number of methoxy groups -OCH3 is 1. The zero-order chi connectivity index (χ0) is 18.4. The van der Waals surface area contributed by atoms with Gasteiger partial charge < -0.3 is 19.5 Å². The molecule has 0 fully saturated rings. The number of amides is 1. The maximum Gasteiger partial charge on any atom is 0.231 e. The van der Waals surface area contributed by atoms with Gasteiger partial charge in [-0.3, -0.25) is 9.59 Å². The third kappa shape index (κ3) is 4.53. The molecule has 1 amide bonds. The number of ether oxygens (including phenoxy) is 3. The van der Waals surface area contributed by atoms with E-state index < -0.39 is 0 Å². The minimum Gasteiger partial charge on any atom is -0.497 e. The molecule has 0 aliphatic carbocycles. The Morgan fingerprint density at radius 3 is 2.77 bits per heavy atom. The highest BCUT2D eigenvalue weighted by molar-refractivity contribution is 5.98. The molecule has 1 aliphatic heterocycles. The summed E-state index contributed by atoms with van der Waals surface area (Å²) in [6.45, 7) is 0.753. The molecule has 0 atom stereocenters. The fourth-order valence-corrected chi connectivity index (χ4v) is 2.70. The standard InChI is InChI=1S/C20H21NO5/c1-24-16-4-2-3-15(12-16)17(22)6-8-20(23)21-10-9-14-5-7-18-19(11-14)26-13-25-18/h2-5,7,11-12H,6,8-10,13H2,1H3,(H,21,23). The van der Waals surface area contributed by atoms with Crippen LogP contribution in [-0.2, 0) is 11.2 Å². The summed E-state index contributed by atoms with van der Waals surface area (Å²) in [5.74, 6) is 1.90. The van der Waals surface area contributed by atoms with Crippen LogP contribution in [0.25, 0.3) is 0 Å². The molecule has 1 aliphatic rings. The molecule has 1 N–H and O–H groups in total. The van der Waals surface area contributed by atoms with Crippen molar-refractivity contribution in [2.24, 2.45) is 0 Å². The van der Waals surface area contributed by atoms with E-state index in [0.717, 1.165) is 17.1 Å². The van der Waals surface area contributed by atoms with Gasteiger partial charge in [0.1, 0.15) is 5.75 Å². The molecule has 0 spiro atoms. The molecule has 0 bridgehead atoms. The molecule has 0 saturated heterocycles. The van der Waals surface area contributed by atoms with Gasteiger partial charge in [-0.1, -0.05) is 18.2 Å². The van der Waals surface area contributed by atoms with Gasteiger partial charge in [0.25, 0.3) is 0 Å². The molecule has 0 saturated carbocycles. The minimum absolute atomic E-state index is 0.0742. The first-order valence-corrected chi connectivity index (χ1v) is 8.48. The second-order valence-corrected chi connectivity index (χ2v) is 5.94. The van der Waals surface area contributed by atoms with Crippen molar-refractivity contribution in [3.8, 4) is 17.2 Å². The fraction of sp³-hybridized carbons (Fsp3) is 0.300. The van der Waals surface area contributed by atoms with Crippen LogP contribution in [0.1, 0.15) is 28.8 Å². The van der Waals surface area contributed by atoms with Crippen LogP contribution in [0.15, 0.2) is 42.5 Å². The molecule has 0 unspecified atom stereocenters. The third-order valence-electron chi connectivity index (χ3n) is 4.14. The van der Waals surface area contributed by atoms with Gasteiger partial charge in [-0.05, 0) is 36.2 Å². The smallest absolute Gasteiger partial charge is 0.231 e. The lowest BCUT2D eigenvalue weighted by Crippen LogP contribution is -2.26. The predicted octanol–water partition coefficient (Wildman–Crippen LogP) is 2.75. The van der Waals surface area contributed by atoms with Crippen LogP contribution in [0, 0.1) is 0 Å². The van der Waals surface area contributed by atoms with Crippen LogP contribution in [0.4, 0.5) is 0 Å². The Balaban J connectivity index is 1.40. The van der Waals surface area contributed by atoms with Gasteiger partial charge >= 0.3 is 0 Å². The van der Waals surface area contributed by atoms with E-state index in [0.29, 0.717) is 24.3 Å². The largest absolute Gasteiger partial charge is 0.497 e. The number of nitrogens with one attached hydrogen (secondary N) is 1. The van der Waals surface area contributed by atoms with Crippen molar-refractivity contribution >= 4 is 11.7 Å². The van der Waals surface area contributed by atoms with Crippen LogP contribution in [0.3, 0.4) is 0 Å². The number of ketones is 1. The number of hydrogen-bond donors (Lipinski definition) is 1. The highest BCUT2D eigenvalue weighted by Gasteiger charge is 2.13. The van der Waals surface area contributed by atoms with Crippen LogP contribution in [0.5, 0.6) is 17.2 Å². The summed E-state index contributed by atoms with van der Waals surface area (Å²) in [6.07, 6.45) is 1.02. The number of carbonyl (C=O) groups excluding carboxylic acids is 2. The summed E-state index contributed by atoms with van der Waals surface area (Å²) in [6, 6.07) is 12.7. The van der Waals surface area contributed by atoms with E-state index in [2.05, 4.69) is 5.32 Å². The van der Waals surface area contributed by atoms with Gasteiger partial charge in [0.05, 0.1) is 7.11 Å². The van der Waals surface area contributed by atoms with Crippen molar-refractivity contribution in [3.63, 3.8) is 0 Å². The topological polar surface area (TPSA) is 73.9 Å². The summed E-state index contributed by atoms with van der Waals surface area (Å²) in [4.78, 5) is 24.1. The lowest BCUT2D eigenvalue weighted by Gasteiger charge is -2.07. The lowest BCUT2D eigenvalue weighted by atomic mass is 10.1. The molecule has 136 valence electrons. The molecule has 0 radical (unpaired) electrons. The summed E-state index contributed by atoms with van der Waals surface area (Å²) in [7, 11) is 1.55. The Kier molecular flexibility index (Phi) is 5.73. The predicted molar refractivity (Wildman–Crippen MR) is 95.8 cm³/mol. The van der Waals surface area contributed by atoms with Crippen LogP contribution < -0.4 is 19.5 Å². The van der Waals surface area contributed by atoms with E-state index >= 15 is 0 Å². The monoisotopic (exact) mass is 355 g/mol. The quantitative estimate of drug-likeness (QED) is 0.737. The van der Waals surface area contributed by atoms with Gasteiger partial charge in [-0.15, -0.1) is 0 Å². The van der Waals surface area contributed by atoms with Gasteiger partial charge in [-0.2, -0.15) is 0 Å². The minimum atomic E-state index is -0.137. The van der Waals surface area contributed by atoms with Gasteiger partial charge in [0.2, 0.25) is 12.7 Å². The Labute approximate surface area is 152 Å². The number of benzene rings is 2. The Morgan fingerprint density at radius 2 is 1.92 bits per heavy atom. The van der Waals surface area contributed by atoms with Gasteiger partial charge in [-0.25, -0.2) is 0 Å². The first kappa shape index (κ1) is 17.8. The molecular weight excluding hydrogens is 334 g/mol. The number of Topliss-reactive ketones (excluding diaryl/α,β-unsaturated/α-hetero) is 1. The second kappa shape index (κ2) is 8.38. The highest BCUT2D eigenvalue weighted by Crippen LogP contribution is 2.32.